The zero-order valence-corrected chi connectivity index (χ0v) is 9.92. The lowest BCUT2D eigenvalue weighted by Crippen LogP contribution is -2.11. The molecule has 0 radical (unpaired) electrons. The molecule has 0 aliphatic heterocycles. The van der Waals surface area contributed by atoms with Crippen molar-refractivity contribution in [3.63, 3.8) is 0 Å². The highest BCUT2D eigenvalue weighted by molar-refractivity contribution is 5.79. The highest BCUT2D eigenvalue weighted by Gasteiger charge is 1.97. The molecule has 0 unspecified atom stereocenters. The summed E-state index contributed by atoms with van der Waals surface area (Å²) in [6, 6.07) is 5.12. The summed E-state index contributed by atoms with van der Waals surface area (Å²) in [4.78, 5) is 22.0. The number of rotatable bonds is 4. The van der Waals surface area contributed by atoms with Gasteiger partial charge in [0.25, 0.3) is 5.56 Å². The van der Waals surface area contributed by atoms with Gasteiger partial charge >= 0.3 is 0 Å². The van der Waals surface area contributed by atoms with Crippen molar-refractivity contribution in [3.05, 3.63) is 52.2 Å². The molecule has 18 heavy (non-hydrogen) atoms. The fourth-order valence-electron chi connectivity index (χ4n) is 1.36. The summed E-state index contributed by atoms with van der Waals surface area (Å²) in [6.07, 6.45) is 5.69. The minimum Gasteiger partial charge on any atom is -0.291 e. The third-order valence-electron chi connectivity index (χ3n) is 2.25. The molecule has 0 bridgehead atoms. The first kappa shape index (κ1) is 12.0. The van der Waals surface area contributed by atoms with Crippen LogP contribution in [0, 0.1) is 0 Å². The van der Waals surface area contributed by atoms with Gasteiger partial charge < -0.3 is 0 Å². The van der Waals surface area contributed by atoms with Gasteiger partial charge in [-0.1, -0.05) is 6.92 Å². The van der Waals surface area contributed by atoms with Gasteiger partial charge in [0.1, 0.15) is 0 Å². The molecule has 0 aliphatic carbocycles. The van der Waals surface area contributed by atoms with Gasteiger partial charge in [0.05, 0.1) is 6.21 Å². The van der Waals surface area contributed by atoms with Crippen molar-refractivity contribution in [2.75, 3.05) is 5.43 Å². The van der Waals surface area contributed by atoms with Gasteiger partial charge in [0.15, 0.2) is 0 Å². The molecule has 0 atom stereocenters. The van der Waals surface area contributed by atoms with Crippen molar-refractivity contribution >= 4 is 12.2 Å². The van der Waals surface area contributed by atoms with Crippen LogP contribution in [-0.2, 0) is 6.42 Å². The van der Waals surface area contributed by atoms with E-state index < -0.39 is 0 Å². The van der Waals surface area contributed by atoms with E-state index >= 15 is 0 Å². The number of aromatic amines is 1. The molecule has 0 aromatic carbocycles. The van der Waals surface area contributed by atoms with Crippen LogP contribution in [0.3, 0.4) is 0 Å². The molecular formula is C12H13N5O. The number of hydrazone groups is 1. The Morgan fingerprint density at radius 2 is 2.22 bits per heavy atom. The van der Waals surface area contributed by atoms with E-state index in [1.165, 1.54) is 6.07 Å². The Morgan fingerprint density at radius 3 is 2.94 bits per heavy atom. The monoisotopic (exact) mass is 243 g/mol. The number of anilines is 1. The predicted octanol–water partition coefficient (Wildman–Crippen LogP) is 1.17. The van der Waals surface area contributed by atoms with Gasteiger partial charge in [-0.25, -0.2) is 10.4 Å². The van der Waals surface area contributed by atoms with E-state index in [1.807, 2.05) is 19.1 Å². The minimum absolute atomic E-state index is 0.191. The molecule has 92 valence electrons. The van der Waals surface area contributed by atoms with Gasteiger partial charge in [0.2, 0.25) is 5.95 Å². The lowest BCUT2D eigenvalue weighted by molar-refractivity contribution is 0.974. The molecule has 6 heteroatoms. The van der Waals surface area contributed by atoms with Crippen molar-refractivity contribution in [3.8, 4) is 0 Å². The minimum atomic E-state index is -0.191. The standard InChI is InChI=1S/C12H13N5O/c1-2-10-7-11(18)16-12(15-10)17-14-8-9-3-5-13-6-4-9/h3-8H,2H2,1H3,(H2,15,16,17,18)/b14-8-. The molecule has 0 saturated carbocycles. The molecule has 2 N–H and O–H groups in total. The van der Waals surface area contributed by atoms with Gasteiger partial charge in [-0.2, -0.15) is 5.10 Å². The van der Waals surface area contributed by atoms with Crippen molar-refractivity contribution in [1.82, 2.24) is 15.0 Å². The van der Waals surface area contributed by atoms with Crippen LogP contribution < -0.4 is 11.0 Å². The first-order valence-corrected chi connectivity index (χ1v) is 5.57. The second kappa shape index (κ2) is 5.72. The lowest BCUT2D eigenvalue weighted by Gasteiger charge is -2.00. The second-order valence-corrected chi connectivity index (χ2v) is 3.59. The van der Waals surface area contributed by atoms with Crippen molar-refractivity contribution in [2.45, 2.75) is 13.3 Å². The van der Waals surface area contributed by atoms with Crippen LogP contribution in [0.1, 0.15) is 18.2 Å². The molecule has 2 aromatic rings. The fraction of sp³-hybridized carbons (Fsp3) is 0.167. The van der Waals surface area contributed by atoms with Crippen LogP contribution in [0.2, 0.25) is 0 Å². The Hall–Kier alpha value is -2.50. The third-order valence-corrected chi connectivity index (χ3v) is 2.25. The molecule has 2 rings (SSSR count). The van der Waals surface area contributed by atoms with Crippen LogP contribution in [-0.4, -0.2) is 21.2 Å². The Morgan fingerprint density at radius 1 is 1.44 bits per heavy atom. The summed E-state index contributed by atoms with van der Waals surface area (Å²) < 4.78 is 0. The number of pyridine rings is 1. The van der Waals surface area contributed by atoms with E-state index in [9.17, 15) is 4.79 Å². The predicted molar refractivity (Wildman–Crippen MR) is 69.7 cm³/mol. The van der Waals surface area contributed by atoms with Crippen molar-refractivity contribution < 1.29 is 0 Å². The maximum atomic E-state index is 11.3. The first-order valence-electron chi connectivity index (χ1n) is 5.57. The maximum Gasteiger partial charge on any atom is 0.252 e. The van der Waals surface area contributed by atoms with Crippen LogP contribution in [0.5, 0.6) is 0 Å². The van der Waals surface area contributed by atoms with Gasteiger partial charge in [-0.05, 0) is 24.1 Å². The summed E-state index contributed by atoms with van der Waals surface area (Å²) in [7, 11) is 0. The van der Waals surface area contributed by atoms with Crippen LogP contribution in [0.25, 0.3) is 0 Å². The summed E-state index contributed by atoms with van der Waals surface area (Å²) in [5, 5.41) is 3.99. The molecule has 2 heterocycles. The number of nitrogens with zero attached hydrogens (tertiary/aromatic N) is 3. The van der Waals surface area contributed by atoms with E-state index in [4.69, 9.17) is 0 Å². The quantitative estimate of drug-likeness (QED) is 0.623. The average molecular weight is 243 g/mol. The normalized spacial score (nSPS) is 10.7. The molecule has 0 saturated heterocycles. The Bertz CT molecular complexity index is 591. The van der Waals surface area contributed by atoms with Crippen LogP contribution in [0.4, 0.5) is 5.95 Å². The number of nitrogens with one attached hydrogen (secondary N) is 2. The zero-order valence-electron chi connectivity index (χ0n) is 9.92. The first-order chi connectivity index (χ1) is 8.78. The summed E-state index contributed by atoms with van der Waals surface area (Å²) in [5.74, 6) is 0.338. The number of hydrogen-bond acceptors (Lipinski definition) is 5. The van der Waals surface area contributed by atoms with Crippen molar-refractivity contribution in [1.29, 1.82) is 0 Å². The van der Waals surface area contributed by atoms with E-state index in [2.05, 4.69) is 25.5 Å². The summed E-state index contributed by atoms with van der Waals surface area (Å²) in [5.41, 5.74) is 4.13. The molecule has 0 amide bonds. The highest BCUT2D eigenvalue weighted by Crippen LogP contribution is 1.98. The fourth-order valence-corrected chi connectivity index (χ4v) is 1.36. The third kappa shape index (κ3) is 3.24. The van der Waals surface area contributed by atoms with E-state index in [0.29, 0.717) is 12.4 Å². The van der Waals surface area contributed by atoms with Crippen LogP contribution >= 0.6 is 0 Å². The van der Waals surface area contributed by atoms with Gasteiger partial charge in [-0.15, -0.1) is 0 Å². The Labute approximate surface area is 104 Å². The number of aryl methyl sites for hydroxylation is 1. The summed E-state index contributed by atoms with van der Waals surface area (Å²) in [6.45, 7) is 1.94. The zero-order chi connectivity index (χ0) is 12.8. The molecule has 0 spiro atoms. The number of aromatic nitrogens is 3. The van der Waals surface area contributed by atoms with Gasteiger partial charge in [0, 0.05) is 24.2 Å². The SMILES string of the molecule is CCc1cc(=O)[nH]c(N/N=C\c2ccncc2)n1. The molecule has 0 fully saturated rings. The average Bonchev–Trinajstić information content (AvgIpc) is 2.39. The van der Waals surface area contributed by atoms with Crippen LogP contribution in [0.15, 0.2) is 40.5 Å². The van der Waals surface area contributed by atoms with Gasteiger partial charge in [-0.3, -0.25) is 14.8 Å². The summed E-state index contributed by atoms with van der Waals surface area (Å²) >= 11 is 0. The maximum absolute atomic E-state index is 11.3. The topological polar surface area (TPSA) is 83.0 Å². The van der Waals surface area contributed by atoms with E-state index in [-0.39, 0.29) is 5.56 Å². The van der Waals surface area contributed by atoms with E-state index in [0.717, 1.165) is 11.3 Å². The molecule has 2 aromatic heterocycles. The second-order valence-electron chi connectivity index (χ2n) is 3.59. The number of hydrogen-bond donors (Lipinski definition) is 2. The smallest absolute Gasteiger partial charge is 0.252 e. The highest BCUT2D eigenvalue weighted by atomic mass is 16.1. The lowest BCUT2D eigenvalue weighted by atomic mass is 10.3. The van der Waals surface area contributed by atoms with E-state index in [1.54, 1.807) is 18.6 Å². The Balaban J connectivity index is 2.08. The largest absolute Gasteiger partial charge is 0.291 e. The number of H-pyrrole nitrogens is 1. The molecule has 0 aliphatic rings. The van der Waals surface area contributed by atoms with Crippen molar-refractivity contribution in [2.24, 2.45) is 5.10 Å². The Kier molecular flexibility index (Phi) is 3.80. The molecule has 6 nitrogen and oxygen atoms in total. The molecular weight excluding hydrogens is 230 g/mol.